The van der Waals surface area contributed by atoms with E-state index >= 15 is 0 Å². The maximum Gasteiger partial charge on any atom is 0.330 e. The van der Waals surface area contributed by atoms with Gasteiger partial charge in [0.1, 0.15) is 24.3 Å². The fourth-order valence-electron chi connectivity index (χ4n) is 4.38. The van der Waals surface area contributed by atoms with E-state index in [1.165, 1.54) is 12.1 Å². The Labute approximate surface area is 208 Å². The summed E-state index contributed by atoms with van der Waals surface area (Å²) in [6.45, 7) is 0.859. The molecule has 1 atom stereocenters. The molecule has 2 aromatic heterocycles. The first kappa shape index (κ1) is 24.3. The largest absolute Gasteiger partial charge is 0.486 e. The van der Waals surface area contributed by atoms with Crippen LogP contribution in [0.2, 0.25) is 0 Å². The molecule has 0 saturated carbocycles. The first-order valence-corrected chi connectivity index (χ1v) is 11.6. The Morgan fingerprint density at radius 1 is 1.24 bits per heavy atom. The number of nitrogens with one attached hydrogen (secondary N) is 1. The van der Waals surface area contributed by atoms with Crippen LogP contribution in [-0.4, -0.2) is 68.4 Å². The number of H-pyrrole nitrogens is 1. The van der Waals surface area contributed by atoms with Crippen LogP contribution >= 0.6 is 0 Å². The Balaban J connectivity index is 1.55. The molecule has 0 aliphatic carbocycles. The van der Waals surface area contributed by atoms with Gasteiger partial charge in [-0.15, -0.1) is 0 Å². The van der Waals surface area contributed by atoms with Gasteiger partial charge >= 0.3 is 5.97 Å². The molecular formula is C25H22F2N6O4. The van der Waals surface area contributed by atoms with Crippen molar-refractivity contribution in [3.05, 3.63) is 63.8 Å². The van der Waals surface area contributed by atoms with E-state index in [4.69, 9.17) is 4.74 Å². The minimum Gasteiger partial charge on any atom is -0.486 e. The van der Waals surface area contributed by atoms with Crippen molar-refractivity contribution in [2.24, 2.45) is 0 Å². The van der Waals surface area contributed by atoms with Crippen molar-refractivity contribution in [2.75, 3.05) is 26.2 Å². The molecule has 1 saturated heterocycles. The maximum absolute atomic E-state index is 13.2. The normalized spacial score (nSPS) is 14.5. The number of imidazole rings is 1. The fourth-order valence-corrected chi connectivity index (χ4v) is 4.38. The van der Waals surface area contributed by atoms with Crippen molar-refractivity contribution in [1.29, 1.82) is 5.26 Å². The Morgan fingerprint density at radius 3 is 2.65 bits per heavy atom. The zero-order valence-corrected chi connectivity index (χ0v) is 19.5. The third-order valence-electron chi connectivity index (χ3n) is 6.32. The second-order valence-corrected chi connectivity index (χ2v) is 8.79. The molecule has 0 spiro atoms. The number of alkyl halides is 2. The molecule has 3 heterocycles. The number of carbonyl (C=O) groups is 1. The van der Waals surface area contributed by atoms with E-state index in [0.29, 0.717) is 33.3 Å². The van der Waals surface area contributed by atoms with E-state index in [1.54, 1.807) is 24.3 Å². The van der Waals surface area contributed by atoms with Crippen LogP contribution in [0, 0.1) is 11.3 Å². The number of ether oxygens (including phenoxy) is 1. The zero-order valence-electron chi connectivity index (χ0n) is 19.5. The number of aliphatic carboxylic acids is 1. The molecule has 2 N–H and O–H groups in total. The Bertz CT molecular complexity index is 1590. The van der Waals surface area contributed by atoms with Gasteiger partial charge in [0.25, 0.3) is 12.0 Å². The third kappa shape index (κ3) is 4.85. The molecule has 1 unspecified atom stereocenters. The second-order valence-electron chi connectivity index (χ2n) is 8.79. The van der Waals surface area contributed by atoms with Crippen molar-refractivity contribution in [2.45, 2.75) is 25.3 Å². The van der Waals surface area contributed by atoms with Gasteiger partial charge in [-0.3, -0.25) is 4.79 Å². The number of nitrogens with zero attached hydrogens (tertiary/aromatic N) is 5. The van der Waals surface area contributed by atoms with Crippen LogP contribution < -0.4 is 10.3 Å². The van der Waals surface area contributed by atoms with Gasteiger partial charge in [0.2, 0.25) is 0 Å². The summed E-state index contributed by atoms with van der Waals surface area (Å²) < 4.78 is 31.3. The Hall–Kier alpha value is -4.37. The zero-order chi connectivity index (χ0) is 26.1. The standard InChI is InChI=1S/C25H22F2N6O4/c26-22(27)13-37-21-9-19-18(8-14(21)11-28)29-23(30-19)10-17-15-4-1-2-5-16(15)24(34)33(31-17)20(25(35)36)12-32-6-3-7-32/h1-2,4-5,8-9,20,22H,3,6-7,10,12-13H2,(H,29,30)(H,35,36). The maximum atomic E-state index is 13.2. The second kappa shape index (κ2) is 9.94. The van der Waals surface area contributed by atoms with Crippen LogP contribution in [0.15, 0.2) is 41.2 Å². The number of carboxylic acid groups (broad SMARTS) is 1. The van der Waals surface area contributed by atoms with Crippen molar-refractivity contribution in [3.8, 4) is 11.8 Å². The minimum atomic E-state index is -2.69. The fraction of sp³-hybridized carbons (Fsp3) is 0.320. The van der Waals surface area contributed by atoms with Gasteiger partial charge in [0.15, 0.2) is 6.04 Å². The van der Waals surface area contributed by atoms with Gasteiger partial charge in [-0.2, -0.15) is 10.4 Å². The summed E-state index contributed by atoms with van der Waals surface area (Å²) in [4.78, 5) is 34.9. The van der Waals surface area contributed by atoms with Crippen LogP contribution in [0.5, 0.6) is 5.75 Å². The number of halogens is 2. The average Bonchev–Trinajstić information content (AvgIpc) is 3.24. The molecule has 12 heteroatoms. The van der Waals surface area contributed by atoms with E-state index in [0.717, 1.165) is 24.2 Å². The first-order chi connectivity index (χ1) is 17.8. The van der Waals surface area contributed by atoms with E-state index in [2.05, 4.69) is 15.1 Å². The third-order valence-corrected chi connectivity index (χ3v) is 6.32. The Kier molecular flexibility index (Phi) is 6.54. The summed E-state index contributed by atoms with van der Waals surface area (Å²) in [5, 5.41) is 24.7. The van der Waals surface area contributed by atoms with Crippen molar-refractivity contribution in [3.63, 3.8) is 0 Å². The predicted octanol–water partition coefficient (Wildman–Crippen LogP) is 2.71. The molecule has 0 bridgehead atoms. The van der Waals surface area contributed by atoms with Crippen LogP contribution in [0.4, 0.5) is 8.78 Å². The molecule has 190 valence electrons. The number of hydrogen-bond acceptors (Lipinski definition) is 7. The number of likely N-dealkylation sites (tertiary alicyclic amines) is 1. The van der Waals surface area contributed by atoms with Gasteiger partial charge in [-0.1, -0.05) is 18.2 Å². The predicted molar refractivity (Wildman–Crippen MR) is 129 cm³/mol. The molecule has 0 radical (unpaired) electrons. The number of hydrogen-bond donors (Lipinski definition) is 2. The molecule has 10 nitrogen and oxygen atoms in total. The van der Waals surface area contributed by atoms with Crippen LogP contribution in [-0.2, 0) is 11.2 Å². The number of carboxylic acids is 1. The lowest BCUT2D eigenvalue weighted by Crippen LogP contribution is -2.45. The molecule has 5 rings (SSSR count). The lowest BCUT2D eigenvalue weighted by Gasteiger charge is -2.33. The molecule has 2 aromatic carbocycles. The average molecular weight is 508 g/mol. The highest BCUT2D eigenvalue weighted by Gasteiger charge is 2.29. The topological polar surface area (TPSA) is 137 Å². The van der Waals surface area contributed by atoms with Crippen molar-refractivity contribution in [1.82, 2.24) is 24.6 Å². The number of rotatable bonds is 9. The van der Waals surface area contributed by atoms with Gasteiger partial charge in [0, 0.05) is 18.0 Å². The minimum absolute atomic E-state index is 0.000712. The quantitative estimate of drug-likeness (QED) is 0.352. The highest BCUT2D eigenvalue weighted by atomic mass is 19.3. The van der Waals surface area contributed by atoms with Crippen LogP contribution in [0.3, 0.4) is 0 Å². The van der Waals surface area contributed by atoms with Gasteiger partial charge in [-0.25, -0.2) is 23.2 Å². The van der Waals surface area contributed by atoms with Gasteiger partial charge < -0.3 is 19.7 Å². The van der Waals surface area contributed by atoms with Gasteiger partial charge in [-0.05, 0) is 31.6 Å². The van der Waals surface area contributed by atoms with E-state index in [1.807, 2.05) is 11.0 Å². The highest BCUT2D eigenvalue weighted by molar-refractivity contribution is 5.85. The van der Waals surface area contributed by atoms with Crippen molar-refractivity contribution < 1.29 is 23.4 Å². The summed E-state index contributed by atoms with van der Waals surface area (Å²) in [6.07, 6.45) is -1.59. The summed E-state index contributed by atoms with van der Waals surface area (Å²) >= 11 is 0. The molecule has 4 aromatic rings. The Morgan fingerprint density at radius 2 is 2.00 bits per heavy atom. The van der Waals surface area contributed by atoms with E-state index < -0.39 is 30.6 Å². The summed E-state index contributed by atoms with van der Waals surface area (Å²) in [5.41, 5.74) is 0.929. The number of aromatic amines is 1. The first-order valence-electron chi connectivity index (χ1n) is 11.6. The molecule has 1 aliphatic heterocycles. The van der Waals surface area contributed by atoms with Crippen molar-refractivity contribution >= 4 is 27.8 Å². The van der Waals surface area contributed by atoms with E-state index in [-0.39, 0.29) is 24.3 Å². The number of fused-ring (bicyclic) bond motifs is 2. The number of nitriles is 1. The SMILES string of the molecule is N#Cc1cc2[nH]c(Cc3nn(C(CN4CCC4)C(=O)O)c(=O)c4ccccc34)nc2cc1OCC(F)F. The summed E-state index contributed by atoms with van der Waals surface area (Å²) in [7, 11) is 0. The number of aromatic nitrogens is 4. The molecule has 0 amide bonds. The lowest BCUT2D eigenvalue weighted by molar-refractivity contribution is -0.142. The molecule has 37 heavy (non-hydrogen) atoms. The van der Waals surface area contributed by atoms with Crippen LogP contribution in [0.25, 0.3) is 21.8 Å². The molecular weight excluding hydrogens is 486 g/mol. The highest BCUT2D eigenvalue weighted by Crippen LogP contribution is 2.26. The smallest absolute Gasteiger partial charge is 0.330 e. The molecule has 1 aliphatic rings. The summed E-state index contributed by atoms with van der Waals surface area (Å²) in [5.74, 6) is -0.713. The number of benzene rings is 2. The van der Waals surface area contributed by atoms with Gasteiger partial charge in [0.05, 0.1) is 34.1 Å². The summed E-state index contributed by atoms with van der Waals surface area (Å²) in [6, 6.07) is 10.5. The lowest BCUT2D eigenvalue weighted by atomic mass is 10.1. The van der Waals surface area contributed by atoms with E-state index in [9.17, 15) is 28.7 Å². The van der Waals surface area contributed by atoms with Crippen LogP contribution in [0.1, 0.15) is 29.5 Å². The molecule has 1 fully saturated rings. The monoisotopic (exact) mass is 508 g/mol.